The number of piperidine rings is 1. The number of aromatic nitrogens is 2. The summed E-state index contributed by atoms with van der Waals surface area (Å²) >= 11 is 0. The van der Waals surface area contributed by atoms with Crippen LogP contribution in [0.4, 0.5) is 5.69 Å². The van der Waals surface area contributed by atoms with Gasteiger partial charge >= 0.3 is 6.01 Å². The van der Waals surface area contributed by atoms with Gasteiger partial charge in [0.05, 0.1) is 0 Å². The van der Waals surface area contributed by atoms with Gasteiger partial charge in [-0.1, -0.05) is 0 Å². The number of carbonyl (C=O) groups is 1. The number of benzene rings is 1. The van der Waals surface area contributed by atoms with Crippen LogP contribution in [0, 0.1) is 6.92 Å². The summed E-state index contributed by atoms with van der Waals surface area (Å²) in [5, 5.41) is 6.16. The predicted octanol–water partition coefficient (Wildman–Crippen LogP) is 2.71. The maximum absolute atomic E-state index is 12.6. The number of aryl methyl sites for hydroxylation is 1. The van der Waals surface area contributed by atoms with E-state index in [4.69, 9.17) is 9.47 Å². The first-order chi connectivity index (χ1) is 12.1. The maximum Gasteiger partial charge on any atom is 0.322 e. The molecule has 0 atom stereocenters. The van der Waals surface area contributed by atoms with Crippen molar-refractivity contribution in [2.24, 2.45) is 0 Å². The molecule has 2 aromatic rings. The van der Waals surface area contributed by atoms with Gasteiger partial charge in [-0.05, 0) is 63.2 Å². The Morgan fingerprint density at radius 2 is 1.88 bits per heavy atom. The van der Waals surface area contributed by atoms with E-state index in [0.717, 1.165) is 18.8 Å². The molecule has 1 aliphatic rings. The lowest BCUT2D eigenvalue weighted by atomic mass is 9.91. The Morgan fingerprint density at radius 1 is 1.19 bits per heavy atom. The molecule has 1 fully saturated rings. The number of amides is 1. The summed E-state index contributed by atoms with van der Waals surface area (Å²) < 4.78 is 11.1. The molecule has 1 amide bonds. The molecule has 0 bridgehead atoms. The molecule has 8 heteroatoms. The largest absolute Gasteiger partial charge is 0.424 e. The summed E-state index contributed by atoms with van der Waals surface area (Å²) in [4.78, 5) is 20.9. The van der Waals surface area contributed by atoms with Gasteiger partial charge in [0.1, 0.15) is 11.4 Å². The average Bonchev–Trinajstić information content (AvgIpc) is 2.64. The molecule has 1 aliphatic heterocycles. The minimum atomic E-state index is -0.768. The Bertz CT molecular complexity index is 733. The maximum atomic E-state index is 12.6. The Labute approximate surface area is 158 Å². The van der Waals surface area contributed by atoms with Crippen molar-refractivity contribution in [3.05, 3.63) is 42.2 Å². The third kappa shape index (κ3) is 4.69. The monoisotopic (exact) mass is 378 g/mol. The lowest BCUT2D eigenvalue weighted by Gasteiger charge is -2.34. The highest BCUT2D eigenvalue weighted by Gasteiger charge is 2.39. The van der Waals surface area contributed by atoms with E-state index in [0.29, 0.717) is 30.3 Å². The fraction of sp³-hybridized carbons (Fsp3) is 0.389. The molecular weight excluding hydrogens is 356 g/mol. The molecule has 2 N–H and O–H groups in total. The number of methoxy groups -OCH3 is 1. The minimum absolute atomic E-state index is 0. The smallest absolute Gasteiger partial charge is 0.322 e. The second-order valence-corrected chi connectivity index (χ2v) is 6.01. The van der Waals surface area contributed by atoms with Crippen molar-refractivity contribution in [1.29, 1.82) is 0 Å². The summed E-state index contributed by atoms with van der Waals surface area (Å²) in [7, 11) is 1.59. The van der Waals surface area contributed by atoms with Crippen molar-refractivity contribution >= 4 is 24.0 Å². The summed E-state index contributed by atoms with van der Waals surface area (Å²) in [6.07, 6.45) is 2.96. The van der Waals surface area contributed by atoms with E-state index in [1.807, 2.05) is 6.92 Å². The van der Waals surface area contributed by atoms with Crippen LogP contribution in [-0.4, -0.2) is 41.7 Å². The van der Waals surface area contributed by atoms with Gasteiger partial charge in [-0.25, -0.2) is 9.97 Å². The Balaban J connectivity index is 0.00000243. The van der Waals surface area contributed by atoms with Gasteiger partial charge in [0.15, 0.2) is 0 Å². The standard InChI is InChI=1S/C18H22N4O3.ClH/c1-13-7-10-20-17(21-13)25-15-5-3-14(4-6-15)22-16(23)18(24-2)8-11-19-12-9-18;/h3-7,10,19H,8-9,11-12H2,1-2H3,(H,22,23);1H. The van der Waals surface area contributed by atoms with Crippen LogP contribution in [0.3, 0.4) is 0 Å². The SMILES string of the molecule is COC1(C(=O)Nc2ccc(Oc3nccc(C)n3)cc2)CCNCC1.Cl. The molecule has 140 valence electrons. The van der Waals surface area contributed by atoms with Gasteiger partial charge in [0, 0.05) is 24.7 Å². The molecule has 0 spiro atoms. The summed E-state index contributed by atoms with van der Waals surface area (Å²) in [6.45, 7) is 3.41. The summed E-state index contributed by atoms with van der Waals surface area (Å²) in [5.41, 5.74) is 0.758. The Kier molecular flexibility index (Phi) is 6.90. The molecule has 3 rings (SSSR count). The minimum Gasteiger partial charge on any atom is -0.424 e. The predicted molar refractivity (Wildman–Crippen MR) is 101 cm³/mol. The van der Waals surface area contributed by atoms with Gasteiger partial charge in [-0.3, -0.25) is 4.79 Å². The van der Waals surface area contributed by atoms with Crippen molar-refractivity contribution in [2.75, 3.05) is 25.5 Å². The van der Waals surface area contributed by atoms with Crippen LogP contribution in [0.5, 0.6) is 11.8 Å². The van der Waals surface area contributed by atoms with Crippen LogP contribution in [0.25, 0.3) is 0 Å². The highest BCUT2D eigenvalue weighted by Crippen LogP contribution is 2.26. The summed E-state index contributed by atoms with van der Waals surface area (Å²) in [6, 6.07) is 9.20. The third-order valence-electron chi connectivity index (χ3n) is 4.31. The second-order valence-electron chi connectivity index (χ2n) is 6.01. The summed E-state index contributed by atoms with van der Waals surface area (Å²) in [5.74, 6) is 0.485. The molecule has 26 heavy (non-hydrogen) atoms. The molecule has 1 aromatic heterocycles. The Morgan fingerprint density at radius 3 is 2.50 bits per heavy atom. The number of ether oxygens (including phenoxy) is 2. The van der Waals surface area contributed by atoms with E-state index in [1.54, 1.807) is 43.6 Å². The molecule has 1 aromatic carbocycles. The fourth-order valence-corrected chi connectivity index (χ4v) is 2.79. The average molecular weight is 379 g/mol. The number of halogens is 1. The van der Waals surface area contributed by atoms with Crippen LogP contribution in [0.1, 0.15) is 18.5 Å². The van der Waals surface area contributed by atoms with Crippen molar-refractivity contribution in [2.45, 2.75) is 25.4 Å². The lowest BCUT2D eigenvalue weighted by Crippen LogP contribution is -2.51. The zero-order valence-corrected chi connectivity index (χ0v) is 15.6. The highest BCUT2D eigenvalue weighted by molar-refractivity contribution is 5.97. The van der Waals surface area contributed by atoms with Crippen molar-refractivity contribution in [1.82, 2.24) is 15.3 Å². The molecule has 7 nitrogen and oxygen atoms in total. The number of rotatable bonds is 5. The third-order valence-corrected chi connectivity index (χ3v) is 4.31. The van der Waals surface area contributed by atoms with Crippen molar-refractivity contribution in [3.8, 4) is 11.8 Å². The first-order valence-electron chi connectivity index (χ1n) is 8.26. The van der Waals surface area contributed by atoms with E-state index >= 15 is 0 Å². The van der Waals surface area contributed by atoms with E-state index in [2.05, 4.69) is 20.6 Å². The van der Waals surface area contributed by atoms with Crippen LogP contribution >= 0.6 is 12.4 Å². The molecule has 0 radical (unpaired) electrons. The van der Waals surface area contributed by atoms with E-state index in [1.165, 1.54) is 0 Å². The second kappa shape index (κ2) is 8.93. The number of nitrogens with zero attached hydrogens (tertiary/aromatic N) is 2. The number of hydrogen-bond donors (Lipinski definition) is 2. The topological polar surface area (TPSA) is 85.4 Å². The quantitative estimate of drug-likeness (QED) is 0.832. The molecular formula is C18H23ClN4O3. The van der Waals surface area contributed by atoms with E-state index in [-0.39, 0.29) is 18.3 Å². The van der Waals surface area contributed by atoms with Gasteiger partial charge in [-0.15, -0.1) is 12.4 Å². The molecule has 0 unspecified atom stereocenters. The molecule has 0 saturated carbocycles. The first-order valence-corrected chi connectivity index (χ1v) is 8.26. The van der Waals surface area contributed by atoms with E-state index < -0.39 is 5.60 Å². The molecule has 2 heterocycles. The van der Waals surface area contributed by atoms with Crippen LogP contribution in [-0.2, 0) is 9.53 Å². The van der Waals surface area contributed by atoms with Crippen LogP contribution in [0.2, 0.25) is 0 Å². The van der Waals surface area contributed by atoms with Crippen molar-refractivity contribution < 1.29 is 14.3 Å². The van der Waals surface area contributed by atoms with Gasteiger partial charge in [-0.2, -0.15) is 0 Å². The van der Waals surface area contributed by atoms with Gasteiger partial charge < -0.3 is 20.1 Å². The van der Waals surface area contributed by atoms with Gasteiger partial charge in [0.25, 0.3) is 5.91 Å². The van der Waals surface area contributed by atoms with E-state index in [9.17, 15) is 4.79 Å². The fourth-order valence-electron chi connectivity index (χ4n) is 2.79. The number of anilines is 1. The zero-order chi connectivity index (χ0) is 17.7. The molecule has 1 saturated heterocycles. The Hall–Kier alpha value is -2.22. The first kappa shape index (κ1) is 20.1. The lowest BCUT2D eigenvalue weighted by molar-refractivity contribution is -0.140. The normalized spacial score (nSPS) is 15.6. The highest BCUT2D eigenvalue weighted by atomic mass is 35.5. The van der Waals surface area contributed by atoms with Crippen molar-refractivity contribution in [3.63, 3.8) is 0 Å². The number of carbonyl (C=O) groups excluding carboxylic acids is 1. The number of hydrogen-bond acceptors (Lipinski definition) is 6. The van der Waals surface area contributed by atoms with Crippen LogP contribution < -0.4 is 15.4 Å². The van der Waals surface area contributed by atoms with Gasteiger partial charge in [0.2, 0.25) is 0 Å². The van der Waals surface area contributed by atoms with Crippen LogP contribution in [0.15, 0.2) is 36.5 Å². The number of nitrogens with one attached hydrogen (secondary N) is 2. The zero-order valence-electron chi connectivity index (χ0n) is 14.8. The molecule has 0 aliphatic carbocycles.